The van der Waals surface area contributed by atoms with Crippen molar-refractivity contribution in [1.29, 1.82) is 5.41 Å². The monoisotopic (exact) mass is 241 g/mol. The molecule has 0 aliphatic carbocycles. The SMILES string of the molecule is CCCNCCNCCNC1NCCCC1=N. The van der Waals surface area contributed by atoms with Crippen LogP contribution in [0, 0.1) is 5.41 Å². The molecule has 0 bridgehead atoms. The van der Waals surface area contributed by atoms with E-state index in [9.17, 15) is 0 Å². The van der Waals surface area contributed by atoms with Gasteiger partial charge in [-0.15, -0.1) is 0 Å². The van der Waals surface area contributed by atoms with Crippen LogP contribution in [0.15, 0.2) is 0 Å². The maximum Gasteiger partial charge on any atom is 0.0963 e. The van der Waals surface area contributed by atoms with E-state index in [-0.39, 0.29) is 6.17 Å². The topological polar surface area (TPSA) is 72.0 Å². The average molecular weight is 241 g/mol. The molecule has 0 aromatic heterocycles. The molecule has 17 heavy (non-hydrogen) atoms. The summed E-state index contributed by atoms with van der Waals surface area (Å²) in [5.41, 5.74) is 0.792. The summed E-state index contributed by atoms with van der Waals surface area (Å²) in [4.78, 5) is 0. The van der Waals surface area contributed by atoms with Crippen molar-refractivity contribution in [3.63, 3.8) is 0 Å². The van der Waals surface area contributed by atoms with Gasteiger partial charge in [0, 0.05) is 31.9 Å². The Labute approximate surface area is 105 Å². The Bertz CT molecular complexity index is 207. The summed E-state index contributed by atoms with van der Waals surface area (Å²) < 4.78 is 0. The number of piperidine rings is 1. The van der Waals surface area contributed by atoms with E-state index in [0.29, 0.717) is 0 Å². The predicted molar refractivity (Wildman–Crippen MR) is 72.8 cm³/mol. The van der Waals surface area contributed by atoms with Crippen molar-refractivity contribution in [2.24, 2.45) is 0 Å². The van der Waals surface area contributed by atoms with Gasteiger partial charge >= 0.3 is 0 Å². The smallest absolute Gasteiger partial charge is 0.0963 e. The van der Waals surface area contributed by atoms with Crippen molar-refractivity contribution in [3.05, 3.63) is 0 Å². The third-order valence-corrected chi connectivity index (χ3v) is 2.88. The summed E-state index contributed by atoms with van der Waals surface area (Å²) in [6.07, 6.45) is 3.32. The van der Waals surface area contributed by atoms with Crippen LogP contribution in [0.4, 0.5) is 0 Å². The summed E-state index contributed by atoms with van der Waals surface area (Å²) in [6.45, 7) is 8.21. The molecule has 5 heteroatoms. The van der Waals surface area contributed by atoms with Crippen molar-refractivity contribution in [2.75, 3.05) is 39.3 Å². The van der Waals surface area contributed by atoms with Gasteiger partial charge in [0.1, 0.15) is 0 Å². The molecule has 1 saturated heterocycles. The summed E-state index contributed by atoms with van der Waals surface area (Å²) in [5, 5.41) is 21.2. The lowest BCUT2D eigenvalue weighted by Crippen LogP contribution is -2.52. The molecule has 1 aliphatic rings. The van der Waals surface area contributed by atoms with Crippen LogP contribution in [0.2, 0.25) is 0 Å². The average Bonchev–Trinajstić information content (AvgIpc) is 2.35. The highest BCUT2D eigenvalue weighted by atomic mass is 15.1. The predicted octanol–water partition coefficient (Wildman–Crippen LogP) is -0.106. The Morgan fingerprint density at radius 3 is 2.59 bits per heavy atom. The molecule has 0 saturated carbocycles. The van der Waals surface area contributed by atoms with Crippen molar-refractivity contribution in [2.45, 2.75) is 32.4 Å². The van der Waals surface area contributed by atoms with Crippen LogP contribution < -0.4 is 21.3 Å². The Balaban J connectivity index is 1.88. The molecule has 1 aliphatic heterocycles. The fourth-order valence-electron chi connectivity index (χ4n) is 1.90. The highest BCUT2D eigenvalue weighted by Gasteiger charge is 2.16. The van der Waals surface area contributed by atoms with Gasteiger partial charge in [0.2, 0.25) is 0 Å². The lowest BCUT2D eigenvalue weighted by molar-refractivity contribution is 0.468. The summed E-state index contributed by atoms with van der Waals surface area (Å²) in [5.74, 6) is 0. The van der Waals surface area contributed by atoms with Gasteiger partial charge in [-0.05, 0) is 32.4 Å². The molecule has 1 unspecified atom stereocenters. The second-order valence-corrected chi connectivity index (χ2v) is 4.47. The van der Waals surface area contributed by atoms with Gasteiger partial charge in [0.25, 0.3) is 0 Å². The van der Waals surface area contributed by atoms with Gasteiger partial charge in [0.15, 0.2) is 0 Å². The molecule has 1 heterocycles. The number of hydrogen-bond donors (Lipinski definition) is 5. The van der Waals surface area contributed by atoms with E-state index in [4.69, 9.17) is 5.41 Å². The van der Waals surface area contributed by atoms with Crippen molar-refractivity contribution in [3.8, 4) is 0 Å². The van der Waals surface area contributed by atoms with E-state index in [1.807, 2.05) is 0 Å². The molecule has 5 N–H and O–H groups in total. The first kappa shape index (κ1) is 14.6. The molecular weight excluding hydrogens is 214 g/mol. The van der Waals surface area contributed by atoms with Crippen molar-refractivity contribution in [1.82, 2.24) is 21.3 Å². The van der Waals surface area contributed by atoms with Gasteiger partial charge in [-0.1, -0.05) is 6.92 Å². The van der Waals surface area contributed by atoms with Crippen LogP contribution in [0.25, 0.3) is 0 Å². The zero-order valence-corrected chi connectivity index (χ0v) is 10.9. The van der Waals surface area contributed by atoms with E-state index >= 15 is 0 Å². The first-order chi connectivity index (χ1) is 8.34. The highest BCUT2D eigenvalue weighted by Crippen LogP contribution is 2.00. The van der Waals surface area contributed by atoms with E-state index in [1.54, 1.807) is 0 Å². The third kappa shape index (κ3) is 6.73. The molecule has 1 fully saturated rings. The Morgan fingerprint density at radius 1 is 1.18 bits per heavy atom. The minimum atomic E-state index is 0.101. The zero-order valence-electron chi connectivity index (χ0n) is 10.9. The third-order valence-electron chi connectivity index (χ3n) is 2.88. The maximum absolute atomic E-state index is 7.78. The second kappa shape index (κ2) is 9.53. The Hall–Kier alpha value is -0.490. The summed E-state index contributed by atoms with van der Waals surface area (Å²) >= 11 is 0. The minimum Gasteiger partial charge on any atom is -0.315 e. The van der Waals surface area contributed by atoms with Gasteiger partial charge in [-0.2, -0.15) is 0 Å². The second-order valence-electron chi connectivity index (χ2n) is 4.47. The highest BCUT2D eigenvalue weighted by molar-refractivity contribution is 5.86. The van der Waals surface area contributed by atoms with Crippen LogP contribution in [0.5, 0.6) is 0 Å². The lowest BCUT2D eigenvalue weighted by atomic mass is 10.1. The first-order valence-corrected chi connectivity index (χ1v) is 6.80. The Morgan fingerprint density at radius 2 is 1.88 bits per heavy atom. The number of nitrogens with one attached hydrogen (secondary N) is 5. The molecule has 0 radical (unpaired) electrons. The molecule has 5 nitrogen and oxygen atoms in total. The van der Waals surface area contributed by atoms with E-state index in [1.165, 1.54) is 6.42 Å². The standard InChI is InChI=1S/C12H27N5/c1-2-5-14-7-8-15-9-10-17-12-11(13)4-3-6-16-12/h12-17H,2-10H2,1H3. The van der Waals surface area contributed by atoms with Crippen molar-refractivity contribution >= 4 is 5.71 Å². The molecule has 0 spiro atoms. The number of rotatable bonds is 9. The fraction of sp³-hybridized carbons (Fsp3) is 0.917. The Kier molecular flexibility index (Phi) is 8.17. The van der Waals surface area contributed by atoms with Crippen LogP contribution in [0.3, 0.4) is 0 Å². The normalized spacial score (nSPS) is 20.8. The van der Waals surface area contributed by atoms with Crippen molar-refractivity contribution < 1.29 is 0 Å². The molecule has 100 valence electrons. The van der Waals surface area contributed by atoms with Gasteiger partial charge in [-0.3, -0.25) is 10.6 Å². The van der Waals surface area contributed by atoms with Gasteiger partial charge < -0.3 is 16.0 Å². The first-order valence-electron chi connectivity index (χ1n) is 6.80. The molecule has 0 aromatic carbocycles. The van der Waals surface area contributed by atoms with Crippen LogP contribution in [0.1, 0.15) is 26.2 Å². The largest absolute Gasteiger partial charge is 0.315 e. The van der Waals surface area contributed by atoms with E-state index < -0.39 is 0 Å². The van der Waals surface area contributed by atoms with E-state index in [0.717, 1.165) is 57.8 Å². The van der Waals surface area contributed by atoms with Crippen LogP contribution >= 0.6 is 0 Å². The van der Waals surface area contributed by atoms with E-state index in [2.05, 4.69) is 28.2 Å². The molecule has 1 rings (SSSR count). The number of hydrogen-bond acceptors (Lipinski definition) is 5. The van der Waals surface area contributed by atoms with Gasteiger partial charge in [0.05, 0.1) is 6.17 Å². The summed E-state index contributed by atoms with van der Waals surface area (Å²) in [7, 11) is 0. The molecule has 1 atom stereocenters. The molecular formula is C12H27N5. The molecule has 0 aromatic rings. The van der Waals surface area contributed by atoms with Crippen LogP contribution in [-0.4, -0.2) is 51.1 Å². The fourth-order valence-corrected chi connectivity index (χ4v) is 1.90. The maximum atomic E-state index is 7.78. The lowest BCUT2D eigenvalue weighted by Gasteiger charge is -2.25. The zero-order chi connectivity index (χ0) is 12.3. The van der Waals surface area contributed by atoms with Gasteiger partial charge in [-0.25, -0.2) is 0 Å². The quantitative estimate of drug-likeness (QED) is 0.365. The van der Waals surface area contributed by atoms with Crippen LogP contribution in [-0.2, 0) is 0 Å². The minimum absolute atomic E-state index is 0.101. The molecule has 0 amide bonds. The summed E-state index contributed by atoms with van der Waals surface area (Å²) in [6, 6.07) is 0.